The van der Waals surface area contributed by atoms with Crippen LogP contribution in [0.1, 0.15) is 30.5 Å². The van der Waals surface area contributed by atoms with Crippen LogP contribution in [-0.4, -0.2) is 23.5 Å². The molecule has 0 amide bonds. The summed E-state index contributed by atoms with van der Waals surface area (Å²) in [6.07, 6.45) is 5.02. The Morgan fingerprint density at radius 3 is 2.95 bits per heavy atom. The molecular formula is C18H21BrN2O. The van der Waals surface area contributed by atoms with Gasteiger partial charge in [0.05, 0.1) is 7.11 Å². The summed E-state index contributed by atoms with van der Waals surface area (Å²) in [7, 11) is 1.73. The predicted molar refractivity (Wildman–Crippen MR) is 91.9 cm³/mol. The van der Waals surface area contributed by atoms with Crippen molar-refractivity contribution >= 4 is 15.9 Å². The molecule has 2 atom stereocenters. The number of pyridine rings is 1. The van der Waals surface area contributed by atoms with Gasteiger partial charge in [0.1, 0.15) is 5.75 Å². The molecule has 4 heteroatoms. The first-order valence-electron chi connectivity index (χ1n) is 7.63. The number of methoxy groups -OCH3 is 1. The molecule has 0 bridgehead atoms. The van der Waals surface area contributed by atoms with Crippen molar-refractivity contribution in [2.75, 3.05) is 13.7 Å². The Morgan fingerprint density at radius 2 is 2.23 bits per heavy atom. The van der Waals surface area contributed by atoms with E-state index in [1.54, 1.807) is 7.11 Å². The van der Waals surface area contributed by atoms with Gasteiger partial charge in [-0.05, 0) is 36.1 Å². The first kappa shape index (κ1) is 15.5. The van der Waals surface area contributed by atoms with Crippen molar-refractivity contribution in [1.29, 1.82) is 0 Å². The van der Waals surface area contributed by atoms with Crippen LogP contribution in [0, 0.1) is 5.92 Å². The first-order chi connectivity index (χ1) is 10.7. The number of benzene rings is 1. The van der Waals surface area contributed by atoms with Gasteiger partial charge in [0.2, 0.25) is 0 Å². The average Bonchev–Trinajstić information content (AvgIpc) is 2.90. The van der Waals surface area contributed by atoms with E-state index in [2.05, 4.69) is 50.9 Å². The Hall–Kier alpha value is -1.39. The van der Waals surface area contributed by atoms with Crippen LogP contribution in [0.4, 0.5) is 0 Å². The van der Waals surface area contributed by atoms with Crippen molar-refractivity contribution in [2.24, 2.45) is 5.92 Å². The molecule has 1 aliphatic heterocycles. The third-order valence-electron chi connectivity index (χ3n) is 4.30. The smallest absolute Gasteiger partial charge is 0.124 e. The van der Waals surface area contributed by atoms with Gasteiger partial charge >= 0.3 is 0 Å². The highest BCUT2D eigenvalue weighted by atomic mass is 79.9. The number of nitrogens with zero attached hydrogens (tertiary/aromatic N) is 2. The molecule has 1 fully saturated rings. The van der Waals surface area contributed by atoms with Crippen molar-refractivity contribution in [1.82, 2.24) is 9.88 Å². The van der Waals surface area contributed by atoms with Crippen molar-refractivity contribution in [3.8, 4) is 5.75 Å². The van der Waals surface area contributed by atoms with Gasteiger partial charge in [-0.3, -0.25) is 9.88 Å². The van der Waals surface area contributed by atoms with Gasteiger partial charge in [0, 0.05) is 41.6 Å². The van der Waals surface area contributed by atoms with Crippen LogP contribution in [0.25, 0.3) is 0 Å². The van der Waals surface area contributed by atoms with E-state index >= 15 is 0 Å². The van der Waals surface area contributed by atoms with E-state index in [0.29, 0.717) is 12.0 Å². The van der Waals surface area contributed by atoms with Gasteiger partial charge in [-0.2, -0.15) is 0 Å². The number of halogens is 1. The van der Waals surface area contributed by atoms with Crippen LogP contribution in [0.3, 0.4) is 0 Å². The maximum atomic E-state index is 5.54. The van der Waals surface area contributed by atoms with Crippen LogP contribution in [0.15, 0.2) is 47.2 Å². The van der Waals surface area contributed by atoms with Gasteiger partial charge in [0.25, 0.3) is 0 Å². The van der Waals surface area contributed by atoms with E-state index in [4.69, 9.17) is 4.74 Å². The second kappa shape index (κ2) is 6.80. The molecule has 2 aromatic rings. The summed E-state index contributed by atoms with van der Waals surface area (Å²) in [5, 5.41) is 0. The number of rotatable bonds is 4. The highest BCUT2D eigenvalue weighted by Crippen LogP contribution is 2.37. The minimum atomic E-state index is 0.442. The number of hydrogen-bond donors (Lipinski definition) is 0. The zero-order chi connectivity index (χ0) is 15.5. The number of hydrogen-bond acceptors (Lipinski definition) is 3. The third-order valence-corrected chi connectivity index (χ3v) is 4.80. The minimum absolute atomic E-state index is 0.442. The molecule has 1 aromatic carbocycles. The molecule has 0 radical (unpaired) electrons. The van der Waals surface area contributed by atoms with Crippen LogP contribution < -0.4 is 4.74 Å². The molecule has 0 aliphatic carbocycles. The fourth-order valence-electron chi connectivity index (χ4n) is 3.29. The van der Waals surface area contributed by atoms with Gasteiger partial charge in [0.15, 0.2) is 0 Å². The number of likely N-dealkylation sites (tertiary alicyclic amines) is 1. The van der Waals surface area contributed by atoms with Crippen molar-refractivity contribution < 1.29 is 4.74 Å². The van der Waals surface area contributed by atoms with E-state index in [1.807, 2.05) is 24.5 Å². The summed E-state index contributed by atoms with van der Waals surface area (Å²) in [5.74, 6) is 1.64. The molecule has 2 heterocycles. The molecule has 1 saturated heterocycles. The monoisotopic (exact) mass is 360 g/mol. The Morgan fingerprint density at radius 1 is 1.36 bits per heavy atom. The summed E-state index contributed by atoms with van der Waals surface area (Å²) >= 11 is 3.51. The largest absolute Gasteiger partial charge is 0.496 e. The lowest BCUT2D eigenvalue weighted by molar-refractivity contribution is 0.241. The summed E-state index contributed by atoms with van der Waals surface area (Å²) < 4.78 is 6.58. The van der Waals surface area contributed by atoms with Gasteiger partial charge in [-0.25, -0.2) is 0 Å². The molecular weight excluding hydrogens is 340 g/mol. The summed E-state index contributed by atoms with van der Waals surface area (Å²) in [6.45, 7) is 4.33. The quantitative estimate of drug-likeness (QED) is 0.805. The Labute approximate surface area is 140 Å². The Kier molecular flexibility index (Phi) is 4.79. The zero-order valence-corrected chi connectivity index (χ0v) is 14.6. The highest BCUT2D eigenvalue weighted by Gasteiger charge is 2.31. The van der Waals surface area contributed by atoms with E-state index in [-0.39, 0.29) is 0 Å². The molecule has 0 N–H and O–H groups in total. The number of ether oxygens (including phenoxy) is 1. The second-order valence-corrected chi connectivity index (χ2v) is 6.94. The van der Waals surface area contributed by atoms with Crippen molar-refractivity contribution in [3.63, 3.8) is 0 Å². The fourth-order valence-corrected chi connectivity index (χ4v) is 3.63. The lowest BCUT2D eigenvalue weighted by Crippen LogP contribution is -2.23. The predicted octanol–water partition coefficient (Wildman–Crippen LogP) is 4.44. The Balaban J connectivity index is 1.84. The maximum Gasteiger partial charge on any atom is 0.124 e. The van der Waals surface area contributed by atoms with E-state index in [0.717, 1.165) is 23.3 Å². The van der Waals surface area contributed by atoms with Gasteiger partial charge in [-0.15, -0.1) is 0 Å². The molecule has 0 saturated carbocycles. The van der Waals surface area contributed by atoms with E-state index in [1.165, 1.54) is 17.5 Å². The van der Waals surface area contributed by atoms with Gasteiger partial charge in [-0.1, -0.05) is 35.0 Å². The summed E-state index contributed by atoms with van der Waals surface area (Å²) in [4.78, 5) is 6.82. The molecule has 116 valence electrons. The summed E-state index contributed by atoms with van der Waals surface area (Å²) in [6, 6.07) is 10.9. The molecule has 0 spiro atoms. The minimum Gasteiger partial charge on any atom is -0.496 e. The number of aromatic nitrogens is 1. The van der Waals surface area contributed by atoms with Crippen molar-refractivity contribution in [2.45, 2.75) is 25.9 Å². The van der Waals surface area contributed by atoms with Crippen LogP contribution in [-0.2, 0) is 6.54 Å². The molecule has 1 aromatic heterocycles. The molecule has 3 nitrogen and oxygen atoms in total. The molecule has 1 aliphatic rings. The van der Waals surface area contributed by atoms with Crippen LogP contribution in [0.2, 0.25) is 0 Å². The maximum absolute atomic E-state index is 5.54. The molecule has 0 unspecified atom stereocenters. The Bertz CT molecular complexity index is 632. The lowest BCUT2D eigenvalue weighted by atomic mass is 10.0. The van der Waals surface area contributed by atoms with Crippen LogP contribution in [0.5, 0.6) is 5.75 Å². The van der Waals surface area contributed by atoms with E-state index in [9.17, 15) is 0 Å². The zero-order valence-electron chi connectivity index (χ0n) is 13.0. The van der Waals surface area contributed by atoms with Gasteiger partial charge < -0.3 is 4.74 Å². The van der Waals surface area contributed by atoms with E-state index < -0.39 is 0 Å². The lowest BCUT2D eigenvalue weighted by Gasteiger charge is -2.25. The average molecular weight is 361 g/mol. The molecule has 22 heavy (non-hydrogen) atoms. The van der Waals surface area contributed by atoms with Crippen molar-refractivity contribution in [3.05, 3.63) is 58.3 Å². The normalized spacial score (nSPS) is 22.0. The summed E-state index contributed by atoms with van der Waals surface area (Å²) in [5.41, 5.74) is 2.54. The standard InChI is InChI=1S/C18H21BrN2O/c1-13-8-17(14-4-3-7-20-10-14)21(11-13)12-15-5-6-16(19)9-18(15)22-2/h3-7,9-10,13,17H,8,11-12H2,1-2H3/t13-,17-/m0/s1. The highest BCUT2D eigenvalue weighted by molar-refractivity contribution is 9.10. The SMILES string of the molecule is COc1cc(Br)ccc1CN1C[C@@H](C)C[C@H]1c1cccnc1. The first-order valence-corrected chi connectivity index (χ1v) is 8.43. The molecule has 3 rings (SSSR count). The third kappa shape index (κ3) is 3.33. The van der Waals surface area contributed by atoms with Crippen LogP contribution >= 0.6 is 15.9 Å². The second-order valence-electron chi connectivity index (χ2n) is 6.03. The topological polar surface area (TPSA) is 25.4 Å². The fraction of sp³-hybridized carbons (Fsp3) is 0.389.